The lowest BCUT2D eigenvalue weighted by molar-refractivity contribution is -0.136. The summed E-state index contributed by atoms with van der Waals surface area (Å²) in [5.74, 6) is 0.154. The number of aliphatic carboxylic acids is 1. The van der Waals surface area contributed by atoms with Crippen molar-refractivity contribution < 1.29 is 23.8 Å². The molecule has 1 atom stereocenters. The Balaban J connectivity index is 1.27. The maximum Gasteiger partial charge on any atom is 0.317 e. The van der Waals surface area contributed by atoms with Crippen LogP contribution in [-0.4, -0.2) is 52.3 Å². The summed E-state index contributed by atoms with van der Waals surface area (Å²) in [4.78, 5) is 30.5. The summed E-state index contributed by atoms with van der Waals surface area (Å²) in [6, 6.07) is 14.8. The number of ether oxygens (including phenoxy) is 1. The normalized spacial score (nSPS) is 15.2. The molecule has 1 aliphatic carbocycles. The fourth-order valence-electron chi connectivity index (χ4n) is 4.21. The molecule has 0 radical (unpaired) electrons. The van der Waals surface area contributed by atoms with Gasteiger partial charge in [-0.15, -0.1) is 0 Å². The standard InChI is InChI=1S/C26H30N2O5S/c1-28(24(29)19-7-3-2-4-8-19)15-16-32-20-13-11-18(12-14-20)17-23(25(30)31)34-26-27-21-9-5-6-10-22(21)33-26/h5-6,9-14,19,23H,2-4,7-8,15-17H2,1H3,(H,30,31). The average Bonchev–Trinajstić information content (AvgIpc) is 3.27. The summed E-state index contributed by atoms with van der Waals surface area (Å²) in [6.07, 6.45) is 5.83. The number of para-hydroxylation sites is 2. The number of carbonyl (C=O) groups excluding carboxylic acids is 1. The number of nitrogens with zero attached hydrogens (tertiary/aromatic N) is 2. The van der Waals surface area contributed by atoms with E-state index in [1.165, 1.54) is 6.42 Å². The summed E-state index contributed by atoms with van der Waals surface area (Å²) < 4.78 is 11.5. The number of hydrogen-bond acceptors (Lipinski definition) is 6. The van der Waals surface area contributed by atoms with E-state index in [0.717, 1.165) is 43.0 Å². The Kier molecular flexibility index (Phi) is 8.11. The van der Waals surface area contributed by atoms with Crippen molar-refractivity contribution in [2.45, 2.75) is 49.0 Å². The highest BCUT2D eigenvalue weighted by molar-refractivity contribution is 8.00. The van der Waals surface area contributed by atoms with Gasteiger partial charge in [0.2, 0.25) is 5.91 Å². The monoisotopic (exact) mass is 482 g/mol. The molecule has 1 saturated carbocycles. The quantitative estimate of drug-likeness (QED) is 0.405. The van der Waals surface area contributed by atoms with E-state index in [-0.39, 0.29) is 11.8 Å². The smallest absolute Gasteiger partial charge is 0.317 e. The van der Waals surface area contributed by atoms with Crippen LogP contribution in [0, 0.1) is 5.92 Å². The van der Waals surface area contributed by atoms with Crippen LogP contribution in [-0.2, 0) is 16.0 Å². The Morgan fingerprint density at radius 1 is 1.15 bits per heavy atom. The largest absolute Gasteiger partial charge is 0.492 e. The van der Waals surface area contributed by atoms with Gasteiger partial charge < -0.3 is 19.2 Å². The molecule has 1 heterocycles. The minimum atomic E-state index is -0.918. The lowest BCUT2D eigenvalue weighted by atomic mass is 9.88. The second-order valence-electron chi connectivity index (χ2n) is 8.68. The summed E-state index contributed by atoms with van der Waals surface area (Å²) in [5, 5.41) is 9.31. The highest BCUT2D eigenvalue weighted by Crippen LogP contribution is 2.29. The number of hydrogen-bond donors (Lipinski definition) is 1. The van der Waals surface area contributed by atoms with Crippen LogP contribution in [0.4, 0.5) is 0 Å². The molecule has 3 aromatic rings. The molecular weight excluding hydrogens is 452 g/mol. The number of amides is 1. The van der Waals surface area contributed by atoms with Crippen molar-refractivity contribution in [3.05, 3.63) is 54.1 Å². The van der Waals surface area contributed by atoms with Crippen LogP contribution in [0.3, 0.4) is 0 Å². The van der Waals surface area contributed by atoms with Gasteiger partial charge in [0.05, 0.1) is 6.54 Å². The van der Waals surface area contributed by atoms with Crippen molar-refractivity contribution in [3.63, 3.8) is 0 Å². The molecule has 1 aromatic heterocycles. The van der Waals surface area contributed by atoms with Gasteiger partial charge in [-0.3, -0.25) is 9.59 Å². The second-order valence-corrected chi connectivity index (χ2v) is 9.84. The van der Waals surface area contributed by atoms with Crippen molar-refractivity contribution in [1.82, 2.24) is 9.88 Å². The Hall–Kier alpha value is -3.00. The van der Waals surface area contributed by atoms with Crippen molar-refractivity contribution in [2.75, 3.05) is 20.2 Å². The number of aromatic nitrogens is 1. The van der Waals surface area contributed by atoms with Gasteiger partial charge in [0, 0.05) is 13.0 Å². The number of benzene rings is 2. The van der Waals surface area contributed by atoms with Gasteiger partial charge in [-0.2, -0.15) is 0 Å². The fourth-order valence-corrected chi connectivity index (χ4v) is 5.12. The zero-order valence-corrected chi connectivity index (χ0v) is 20.1. The third-order valence-electron chi connectivity index (χ3n) is 6.16. The first-order valence-corrected chi connectivity index (χ1v) is 12.6. The zero-order valence-electron chi connectivity index (χ0n) is 19.3. The van der Waals surface area contributed by atoms with Gasteiger partial charge in [-0.25, -0.2) is 4.98 Å². The molecule has 1 aliphatic rings. The highest BCUT2D eigenvalue weighted by atomic mass is 32.2. The molecule has 0 saturated heterocycles. The van der Waals surface area contributed by atoms with Crippen LogP contribution >= 0.6 is 11.8 Å². The molecular formula is C26H30N2O5S. The Morgan fingerprint density at radius 2 is 1.88 bits per heavy atom. The van der Waals surface area contributed by atoms with E-state index in [1.54, 1.807) is 4.90 Å². The van der Waals surface area contributed by atoms with Gasteiger partial charge in [0.1, 0.15) is 23.1 Å². The first-order valence-electron chi connectivity index (χ1n) is 11.7. The lowest BCUT2D eigenvalue weighted by Crippen LogP contribution is -2.36. The Labute approximate surface area is 203 Å². The van der Waals surface area contributed by atoms with E-state index in [9.17, 15) is 14.7 Å². The van der Waals surface area contributed by atoms with E-state index < -0.39 is 11.2 Å². The molecule has 1 amide bonds. The summed E-state index contributed by atoms with van der Waals surface area (Å²) in [7, 11) is 1.84. The van der Waals surface area contributed by atoms with E-state index in [1.807, 2.05) is 55.6 Å². The molecule has 180 valence electrons. The van der Waals surface area contributed by atoms with Gasteiger partial charge in [-0.1, -0.05) is 55.3 Å². The number of rotatable bonds is 10. The number of fused-ring (bicyclic) bond motifs is 1. The van der Waals surface area contributed by atoms with E-state index in [2.05, 4.69) is 4.98 Å². The average molecular weight is 483 g/mol. The fraction of sp³-hybridized carbons (Fsp3) is 0.423. The molecule has 0 bridgehead atoms. The molecule has 8 heteroatoms. The van der Waals surface area contributed by atoms with Gasteiger partial charge in [0.15, 0.2) is 5.58 Å². The van der Waals surface area contributed by atoms with Crippen molar-refractivity contribution in [2.24, 2.45) is 5.92 Å². The molecule has 1 N–H and O–H groups in total. The SMILES string of the molecule is CN(CCOc1ccc(CC(Sc2nc3ccccc3o2)C(=O)O)cc1)C(=O)C1CCCCC1. The number of carbonyl (C=O) groups is 2. The molecule has 1 fully saturated rings. The molecule has 0 spiro atoms. The minimum absolute atomic E-state index is 0.160. The lowest BCUT2D eigenvalue weighted by Gasteiger charge is -2.26. The van der Waals surface area contributed by atoms with E-state index >= 15 is 0 Å². The van der Waals surface area contributed by atoms with Gasteiger partial charge in [0.25, 0.3) is 5.22 Å². The maximum absolute atomic E-state index is 12.5. The second kappa shape index (κ2) is 11.4. The zero-order chi connectivity index (χ0) is 23.9. The van der Waals surface area contributed by atoms with Crippen molar-refractivity contribution in [3.8, 4) is 5.75 Å². The maximum atomic E-state index is 12.5. The van der Waals surface area contributed by atoms with E-state index in [0.29, 0.717) is 41.6 Å². The van der Waals surface area contributed by atoms with Crippen molar-refractivity contribution in [1.29, 1.82) is 0 Å². The number of carboxylic acids is 1. The first-order chi connectivity index (χ1) is 16.5. The Morgan fingerprint density at radius 3 is 2.59 bits per heavy atom. The van der Waals surface area contributed by atoms with Crippen LogP contribution in [0.25, 0.3) is 11.1 Å². The molecule has 0 aliphatic heterocycles. The number of oxazole rings is 1. The number of carboxylic acid groups (broad SMARTS) is 1. The molecule has 34 heavy (non-hydrogen) atoms. The van der Waals surface area contributed by atoms with E-state index in [4.69, 9.17) is 9.15 Å². The van der Waals surface area contributed by atoms with Crippen LogP contribution in [0.2, 0.25) is 0 Å². The predicted molar refractivity (Wildman–Crippen MR) is 131 cm³/mol. The number of likely N-dealkylation sites (N-methyl/N-ethyl adjacent to an activating group) is 1. The summed E-state index contributed by atoms with van der Waals surface area (Å²) in [5.41, 5.74) is 2.23. The highest BCUT2D eigenvalue weighted by Gasteiger charge is 2.24. The minimum Gasteiger partial charge on any atom is -0.492 e. The van der Waals surface area contributed by atoms with Crippen LogP contribution in [0.5, 0.6) is 5.75 Å². The number of thioether (sulfide) groups is 1. The topological polar surface area (TPSA) is 92.9 Å². The summed E-state index contributed by atoms with van der Waals surface area (Å²) in [6.45, 7) is 0.957. The first kappa shape index (κ1) is 24.1. The van der Waals surface area contributed by atoms with Crippen LogP contribution in [0.15, 0.2) is 58.2 Å². The third-order valence-corrected chi connectivity index (χ3v) is 7.19. The van der Waals surface area contributed by atoms with Crippen LogP contribution in [0.1, 0.15) is 37.7 Å². The van der Waals surface area contributed by atoms with Gasteiger partial charge >= 0.3 is 5.97 Å². The van der Waals surface area contributed by atoms with Crippen LogP contribution < -0.4 is 4.74 Å². The predicted octanol–water partition coefficient (Wildman–Crippen LogP) is 5.03. The molecule has 7 nitrogen and oxygen atoms in total. The molecule has 2 aromatic carbocycles. The third kappa shape index (κ3) is 6.32. The molecule has 1 unspecified atom stereocenters. The van der Waals surface area contributed by atoms with Gasteiger partial charge in [-0.05, 0) is 49.1 Å². The molecule has 4 rings (SSSR count). The van der Waals surface area contributed by atoms with Crippen molar-refractivity contribution >= 4 is 34.7 Å². The Bertz CT molecular complexity index is 1070. The summed E-state index contributed by atoms with van der Waals surface area (Å²) >= 11 is 1.11.